The van der Waals surface area contributed by atoms with Crippen LogP contribution in [0.3, 0.4) is 0 Å². The van der Waals surface area contributed by atoms with E-state index in [9.17, 15) is 4.79 Å². The smallest absolute Gasteiger partial charge is 0.311 e. The summed E-state index contributed by atoms with van der Waals surface area (Å²) >= 11 is 16.1. The Hall–Kier alpha value is -1.44. The number of halogens is 3. The number of ether oxygens (including phenoxy) is 1. The molecule has 0 N–H and O–H groups in total. The van der Waals surface area contributed by atoms with Gasteiger partial charge in [-0.25, -0.2) is 5.01 Å². The average Bonchev–Trinajstić information content (AvgIpc) is 3.28. The fourth-order valence-electron chi connectivity index (χ4n) is 3.53. The number of esters is 1. The van der Waals surface area contributed by atoms with Gasteiger partial charge in [0.15, 0.2) is 0 Å². The molecule has 0 atom stereocenters. The number of rotatable bonds is 4. The van der Waals surface area contributed by atoms with Crippen molar-refractivity contribution in [3.63, 3.8) is 0 Å². The first-order valence-corrected chi connectivity index (χ1v) is 9.97. The highest BCUT2D eigenvalue weighted by molar-refractivity contribution is 9.10. The number of fused-ring (bicyclic) bond motifs is 2. The van der Waals surface area contributed by atoms with Crippen LogP contribution in [0.15, 0.2) is 28.1 Å². The van der Waals surface area contributed by atoms with E-state index in [1.165, 1.54) is 5.70 Å². The van der Waals surface area contributed by atoms with Gasteiger partial charge in [-0.15, -0.1) is 0 Å². The molecule has 0 saturated carbocycles. The second-order valence-electron chi connectivity index (χ2n) is 6.25. The lowest BCUT2D eigenvalue weighted by Gasteiger charge is -2.22. The highest BCUT2D eigenvalue weighted by Crippen LogP contribution is 2.37. The predicted octanol–water partition coefficient (Wildman–Crippen LogP) is 4.28. The van der Waals surface area contributed by atoms with Gasteiger partial charge in [0.2, 0.25) is 0 Å². The van der Waals surface area contributed by atoms with E-state index in [2.05, 4.69) is 25.9 Å². The summed E-state index contributed by atoms with van der Waals surface area (Å²) in [4.78, 5) is 16.1. The third kappa shape index (κ3) is 2.96. The minimum atomic E-state index is -0.232. The Morgan fingerprint density at radius 3 is 3.00 bits per heavy atom. The molecule has 0 radical (unpaired) electrons. The van der Waals surface area contributed by atoms with E-state index in [0.29, 0.717) is 33.3 Å². The molecule has 2 aliphatic heterocycles. The molecular formula is C17H17BrCl2N4O2. The Kier molecular flexibility index (Phi) is 4.79. The second-order valence-corrected chi connectivity index (χ2v) is 7.89. The van der Waals surface area contributed by atoms with Crippen molar-refractivity contribution in [2.75, 3.05) is 24.8 Å². The van der Waals surface area contributed by atoms with Crippen LogP contribution in [0.2, 0.25) is 10.0 Å². The zero-order valence-electron chi connectivity index (χ0n) is 14.1. The van der Waals surface area contributed by atoms with Crippen LogP contribution in [0.5, 0.6) is 0 Å². The molecule has 138 valence electrons. The molecule has 26 heavy (non-hydrogen) atoms. The number of allylic oxidation sites excluding steroid dienone is 1. The molecule has 1 aromatic carbocycles. The average molecular weight is 460 g/mol. The van der Waals surface area contributed by atoms with Gasteiger partial charge >= 0.3 is 5.97 Å². The monoisotopic (exact) mass is 458 g/mol. The van der Waals surface area contributed by atoms with E-state index >= 15 is 0 Å². The summed E-state index contributed by atoms with van der Waals surface area (Å²) in [5, 5.41) is 8.48. The number of nitrogens with zero attached hydrogens (tertiary/aromatic N) is 4. The Labute approximate surface area is 169 Å². The van der Waals surface area contributed by atoms with Gasteiger partial charge in [0.1, 0.15) is 12.2 Å². The molecule has 0 amide bonds. The van der Waals surface area contributed by atoms with Crippen molar-refractivity contribution in [3.05, 3.63) is 38.2 Å². The van der Waals surface area contributed by atoms with Crippen molar-refractivity contribution in [1.82, 2.24) is 14.8 Å². The van der Waals surface area contributed by atoms with Crippen molar-refractivity contribution in [2.45, 2.75) is 26.2 Å². The first-order valence-electron chi connectivity index (χ1n) is 8.43. The highest BCUT2D eigenvalue weighted by Gasteiger charge is 2.35. The minimum Gasteiger partial charge on any atom is -0.466 e. The van der Waals surface area contributed by atoms with Crippen LogP contribution in [0.4, 0.5) is 0 Å². The summed E-state index contributed by atoms with van der Waals surface area (Å²) in [6.45, 7) is 3.81. The SMILES string of the molecule is CCOC(=O)CC1=C2CCCN2CN1n1cc2c(Cl)cc(Br)c(Cl)c2n1. The van der Waals surface area contributed by atoms with Gasteiger partial charge < -0.3 is 9.64 Å². The molecule has 3 heterocycles. The molecule has 4 rings (SSSR count). The van der Waals surface area contributed by atoms with Crippen molar-refractivity contribution in [3.8, 4) is 0 Å². The Balaban J connectivity index is 1.75. The molecule has 1 aromatic heterocycles. The van der Waals surface area contributed by atoms with Crippen LogP contribution in [-0.2, 0) is 9.53 Å². The molecule has 1 saturated heterocycles. The normalized spacial score (nSPS) is 16.8. The van der Waals surface area contributed by atoms with Gasteiger partial charge in [-0.3, -0.25) is 4.79 Å². The fraction of sp³-hybridized carbons (Fsp3) is 0.412. The van der Waals surface area contributed by atoms with E-state index < -0.39 is 0 Å². The van der Waals surface area contributed by atoms with E-state index in [0.717, 1.165) is 30.5 Å². The lowest BCUT2D eigenvalue weighted by atomic mass is 10.2. The third-order valence-corrected chi connectivity index (χ3v) is 6.22. The first kappa shape index (κ1) is 17.9. The maximum atomic E-state index is 12.1. The lowest BCUT2D eigenvalue weighted by molar-refractivity contribution is -0.142. The topological polar surface area (TPSA) is 50.6 Å². The van der Waals surface area contributed by atoms with Crippen LogP contribution in [-0.4, -0.2) is 40.6 Å². The van der Waals surface area contributed by atoms with Gasteiger partial charge in [0, 0.05) is 22.1 Å². The highest BCUT2D eigenvalue weighted by atomic mass is 79.9. The van der Waals surface area contributed by atoms with Crippen molar-refractivity contribution >= 4 is 56.0 Å². The molecule has 9 heteroatoms. The van der Waals surface area contributed by atoms with E-state index in [-0.39, 0.29) is 12.4 Å². The minimum absolute atomic E-state index is 0.223. The first-order chi connectivity index (χ1) is 12.5. The zero-order chi connectivity index (χ0) is 18.4. The van der Waals surface area contributed by atoms with Crippen LogP contribution in [0.1, 0.15) is 26.2 Å². The largest absolute Gasteiger partial charge is 0.466 e. The molecule has 2 aliphatic rings. The van der Waals surface area contributed by atoms with Gasteiger partial charge in [0.05, 0.1) is 35.0 Å². The third-order valence-electron chi connectivity index (χ3n) is 4.67. The molecule has 0 spiro atoms. The van der Waals surface area contributed by atoms with Crippen molar-refractivity contribution in [1.29, 1.82) is 0 Å². The van der Waals surface area contributed by atoms with E-state index in [1.54, 1.807) is 10.9 Å². The van der Waals surface area contributed by atoms with Gasteiger partial charge in [-0.2, -0.15) is 9.89 Å². The predicted molar refractivity (Wildman–Crippen MR) is 105 cm³/mol. The fourth-order valence-corrected chi connectivity index (χ4v) is 4.52. The number of hydrogen-bond acceptors (Lipinski definition) is 5. The number of carbonyl (C=O) groups is 1. The Morgan fingerprint density at radius 2 is 2.23 bits per heavy atom. The standard InChI is InChI=1S/C17H17BrCl2N4O2/c1-2-26-15(25)7-14-13-4-3-5-22(13)9-23(14)24-8-10-12(19)6-11(18)16(20)17(10)21-24/h6,8H,2-5,7,9H2,1H3. The summed E-state index contributed by atoms with van der Waals surface area (Å²) in [5.41, 5.74) is 2.75. The second kappa shape index (κ2) is 6.94. The maximum Gasteiger partial charge on any atom is 0.311 e. The van der Waals surface area contributed by atoms with Gasteiger partial charge in [-0.05, 0) is 41.8 Å². The molecule has 1 fully saturated rings. The van der Waals surface area contributed by atoms with Crippen LogP contribution in [0.25, 0.3) is 10.9 Å². The molecular weight excluding hydrogens is 443 g/mol. The van der Waals surface area contributed by atoms with Gasteiger partial charge in [-0.1, -0.05) is 23.2 Å². The summed E-state index contributed by atoms with van der Waals surface area (Å²) in [7, 11) is 0. The van der Waals surface area contributed by atoms with Gasteiger partial charge in [0.25, 0.3) is 0 Å². The zero-order valence-corrected chi connectivity index (χ0v) is 17.2. The van der Waals surface area contributed by atoms with Crippen molar-refractivity contribution in [2.24, 2.45) is 0 Å². The molecule has 0 bridgehead atoms. The molecule has 6 nitrogen and oxygen atoms in total. The summed E-state index contributed by atoms with van der Waals surface area (Å²) in [6, 6.07) is 1.76. The molecule has 2 aromatic rings. The Bertz CT molecular complexity index is 927. The van der Waals surface area contributed by atoms with Crippen LogP contribution >= 0.6 is 39.1 Å². The Morgan fingerprint density at radius 1 is 1.42 bits per heavy atom. The molecule has 0 aliphatic carbocycles. The number of carbonyl (C=O) groups excluding carboxylic acids is 1. The summed E-state index contributed by atoms with van der Waals surface area (Å²) < 4.78 is 5.86. The maximum absolute atomic E-state index is 12.1. The number of hydrogen-bond donors (Lipinski definition) is 0. The van der Waals surface area contributed by atoms with E-state index in [4.69, 9.17) is 27.9 Å². The van der Waals surface area contributed by atoms with Crippen LogP contribution < -0.4 is 5.01 Å². The van der Waals surface area contributed by atoms with E-state index in [1.807, 2.05) is 18.1 Å². The molecule has 0 unspecified atom stereocenters. The van der Waals surface area contributed by atoms with Crippen molar-refractivity contribution < 1.29 is 9.53 Å². The summed E-state index contributed by atoms with van der Waals surface area (Å²) in [6.07, 6.45) is 4.13. The lowest BCUT2D eigenvalue weighted by Crippen LogP contribution is -2.36. The van der Waals surface area contributed by atoms with Crippen LogP contribution in [0, 0.1) is 0 Å². The summed E-state index contributed by atoms with van der Waals surface area (Å²) in [5.74, 6) is -0.232. The quantitative estimate of drug-likeness (QED) is 0.504. The number of aromatic nitrogens is 2. The number of benzene rings is 1.